The van der Waals surface area contributed by atoms with Crippen LogP contribution in [0.5, 0.6) is 0 Å². The monoisotopic (exact) mass is 439 g/mol. The van der Waals surface area contributed by atoms with E-state index >= 15 is 0 Å². The Bertz CT molecular complexity index is 1260. The third-order valence-corrected chi connectivity index (χ3v) is 7.13. The Morgan fingerprint density at radius 3 is 2.72 bits per heavy atom. The van der Waals surface area contributed by atoms with E-state index in [2.05, 4.69) is 57.3 Å². The summed E-state index contributed by atoms with van der Waals surface area (Å²) in [4.78, 5) is 10.7. The number of benzene rings is 3. The zero-order valence-corrected chi connectivity index (χ0v) is 18.8. The summed E-state index contributed by atoms with van der Waals surface area (Å²) < 4.78 is 0. The van der Waals surface area contributed by atoms with Gasteiger partial charge in [-0.05, 0) is 65.6 Å². The van der Waals surface area contributed by atoms with Crippen molar-refractivity contribution < 1.29 is 0 Å². The van der Waals surface area contributed by atoms with Crippen molar-refractivity contribution in [3.8, 4) is 22.6 Å². The first-order valence-electron chi connectivity index (χ1n) is 11.5. The fraction of sp³-hybridized carbons (Fsp3) is 0.250. The van der Waals surface area contributed by atoms with Gasteiger partial charge >= 0.3 is 0 Å². The topological polar surface area (TPSA) is 31.9 Å². The van der Waals surface area contributed by atoms with Gasteiger partial charge in [-0.15, -0.1) is 0 Å². The van der Waals surface area contributed by atoms with Gasteiger partial charge in [-0.2, -0.15) is 0 Å². The fourth-order valence-electron chi connectivity index (χ4n) is 4.93. The van der Waals surface area contributed by atoms with Crippen LogP contribution >= 0.6 is 11.6 Å². The molecule has 1 aliphatic heterocycles. The van der Waals surface area contributed by atoms with E-state index in [4.69, 9.17) is 11.6 Å². The van der Waals surface area contributed by atoms with Gasteiger partial charge in [-0.25, -0.2) is 4.98 Å². The molecular formula is C28H26ClN3. The van der Waals surface area contributed by atoms with Crippen LogP contribution in [-0.2, 0) is 19.4 Å². The van der Waals surface area contributed by atoms with Gasteiger partial charge < -0.3 is 4.98 Å². The number of aromatic nitrogens is 2. The summed E-state index contributed by atoms with van der Waals surface area (Å²) in [5, 5.41) is 0.720. The molecule has 0 amide bonds. The Kier molecular flexibility index (Phi) is 5.09. The van der Waals surface area contributed by atoms with Gasteiger partial charge in [0.1, 0.15) is 5.82 Å². The van der Waals surface area contributed by atoms with Gasteiger partial charge in [0, 0.05) is 24.7 Å². The Hall–Kier alpha value is -2.88. The van der Waals surface area contributed by atoms with E-state index < -0.39 is 0 Å². The van der Waals surface area contributed by atoms with Crippen LogP contribution < -0.4 is 0 Å². The molecule has 4 heteroatoms. The summed E-state index contributed by atoms with van der Waals surface area (Å²) in [6.07, 6.45) is 6.71. The maximum Gasteiger partial charge on any atom is 0.139 e. The van der Waals surface area contributed by atoms with E-state index in [1.54, 1.807) is 5.56 Å². The van der Waals surface area contributed by atoms with Crippen LogP contribution in [0.4, 0.5) is 0 Å². The molecular weight excluding hydrogens is 414 g/mol. The van der Waals surface area contributed by atoms with Gasteiger partial charge in [-0.1, -0.05) is 66.2 Å². The number of H-pyrrole nitrogens is 1. The molecule has 3 aromatic carbocycles. The minimum Gasteiger partial charge on any atom is -0.338 e. The quantitative estimate of drug-likeness (QED) is 0.384. The third kappa shape index (κ3) is 3.87. The number of hydrogen-bond acceptors (Lipinski definition) is 2. The molecule has 2 aliphatic rings. The smallest absolute Gasteiger partial charge is 0.139 e. The summed E-state index contributed by atoms with van der Waals surface area (Å²) in [5.41, 5.74) is 8.83. The lowest BCUT2D eigenvalue weighted by atomic mass is 9.90. The molecule has 2 heterocycles. The van der Waals surface area contributed by atoms with Crippen molar-refractivity contribution in [2.75, 3.05) is 6.54 Å². The second-order valence-electron chi connectivity index (χ2n) is 9.01. The minimum atomic E-state index is 0.720. The normalized spacial score (nSPS) is 16.2. The number of hydrogen-bond donors (Lipinski definition) is 1. The number of halogens is 1. The first-order valence-corrected chi connectivity index (χ1v) is 11.9. The van der Waals surface area contributed by atoms with E-state index in [1.807, 2.05) is 30.5 Å². The highest BCUT2D eigenvalue weighted by molar-refractivity contribution is 6.33. The van der Waals surface area contributed by atoms with Crippen molar-refractivity contribution in [2.45, 2.75) is 38.3 Å². The number of aromatic amines is 1. The lowest BCUT2D eigenvalue weighted by Crippen LogP contribution is -2.32. The molecule has 0 atom stereocenters. The summed E-state index contributed by atoms with van der Waals surface area (Å²) in [6.45, 7) is 2.30. The lowest BCUT2D eigenvalue weighted by molar-refractivity contribution is 0.243. The number of nitrogens with one attached hydrogen (secondary N) is 1. The van der Waals surface area contributed by atoms with Crippen molar-refractivity contribution in [1.29, 1.82) is 0 Å². The van der Waals surface area contributed by atoms with Gasteiger partial charge in [0.15, 0.2) is 0 Å². The minimum absolute atomic E-state index is 0.720. The zero-order valence-electron chi connectivity index (χ0n) is 18.0. The molecule has 0 radical (unpaired) electrons. The molecule has 1 aliphatic carbocycles. The summed E-state index contributed by atoms with van der Waals surface area (Å²) >= 11 is 6.59. The first-order chi connectivity index (χ1) is 15.7. The number of imidazole rings is 1. The molecule has 0 saturated heterocycles. The molecule has 32 heavy (non-hydrogen) atoms. The van der Waals surface area contributed by atoms with E-state index in [0.29, 0.717) is 0 Å². The van der Waals surface area contributed by atoms with Crippen molar-refractivity contribution in [1.82, 2.24) is 14.9 Å². The van der Waals surface area contributed by atoms with Crippen LogP contribution in [0.25, 0.3) is 22.6 Å². The standard InChI is InChI=1S/C28H26ClN3/c29-26-12-9-19(16-25(26)28-30-17-27(31-28)20-5-2-1-3-6-20)15-21-7-4-8-22-18-32(23-10-11-23)14-13-24(21)22/h1-9,12,16-17,23H,10-11,13-15,18H2,(H,30,31). The number of rotatable bonds is 5. The lowest BCUT2D eigenvalue weighted by Gasteiger charge is -2.30. The molecule has 6 rings (SSSR count). The highest BCUT2D eigenvalue weighted by atomic mass is 35.5. The van der Waals surface area contributed by atoms with Crippen LogP contribution in [0.15, 0.2) is 72.9 Å². The Labute approximate surface area is 194 Å². The molecule has 1 N–H and O–H groups in total. The predicted octanol–water partition coefficient (Wildman–Crippen LogP) is 6.51. The van der Waals surface area contributed by atoms with Crippen molar-refractivity contribution >= 4 is 11.6 Å². The largest absolute Gasteiger partial charge is 0.338 e. The Balaban J connectivity index is 1.28. The predicted molar refractivity (Wildman–Crippen MR) is 131 cm³/mol. The zero-order chi connectivity index (χ0) is 21.5. The van der Waals surface area contributed by atoms with Crippen molar-refractivity contribution in [3.63, 3.8) is 0 Å². The molecule has 1 fully saturated rings. The Morgan fingerprint density at radius 1 is 1.00 bits per heavy atom. The third-order valence-electron chi connectivity index (χ3n) is 6.80. The number of fused-ring (bicyclic) bond motifs is 1. The van der Waals surface area contributed by atoms with E-state index in [-0.39, 0.29) is 0 Å². The van der Waals surface area contributed by atoms with Crippen molar-refractivity contribution in [2.24, 2.45) is 0 Å². The molecule has 0 spiro atoms. The first kappa shape index (κ1) is 19.8. The average Bonchev–Trinajstić information content (AvgIpc) is 3.57. The summed E-state index contributed by atoms with van der Waals surface area (Å²) in [5.74, 6) is 0.811. The van der Waals surface area contributed by atoms with Crippen LogP contribution in [0.3, 0.4) is 0 Å². The van der Waals surface area contributed by atoms with Gasteiger partial charge in [-0.3, -0.25) is 4.90 Å². The molecule has 1 saturated carbocycles. The number of nitrogens with zero attached hydrogens (tertiary/aromatic N) is 2. The van der Waals surface area contributed by atoms with Crippen molar-refractivity contribution in [3.05, 3.63) is 100 Å². The SMILES string of the molecule is Clc1ccc(Cc2cccc3c2CCN(C2CC2)C3)cc1-c1ncc(-c2ccccc2)[nH]1. The summed E-state index contributed by atoms with van der Waals surface area (Å²) in [6, 6.07) is 24.3. The molecule has 160 valence electrons. The molecule has 0 unspecified atom stereocenters. The average molecular weight is 440 g/mol. The fourth-order valence-corrected chi connectivity index (χ4v) is 5.14. The Morgan fingerprint density at radius 2 is 1.88 bits per heavy atom. The maximum absolute atomic E-state index is 6.59. The summed E-state index contributed by atoms with van der Waals surface area (Å²) in [7, 11) is 0. The molecule has 0 bridgehead atoms. The molecule has 1 aromatic heterocycles. The highest BCUT2D eigenvalue weighted by Crippen LogP contribution is 2.34. The van der Waals surface area contributed by atoms with Crippen LogP contribution in [0.2, 0.25) is 5.02 Å². The van der Waals surface area contributed by atoms with E-state index in [0.717, 1.165) is 53.1 Å². The highest BCUT2D eigenvalue weighted by Gasteiger charge is 2.31. The molecule has 4 aromatic rings. The van der Waals surface area contributed by atoms with Gasteiger partial charge in [0.2, 0.25) is 0 Å². The maximum atomic E-state index is 6.59. The van der Waals surface area contributed by atoms with Crippen LogP contribution in [0.1, 0.15) is 35.1 Å². The van der Waals surface area contributed by atoms with E-state index in [1.165, 1.54) is 36.1 Å². The van der Waals surface area contributed by atoms with Gasteiger partial charge in [0.25, 0.3) is 0 Å². The van der Waals surface area contributed by atoms with Crippen LogP contribution in [0, 0.1) is 0 Å². The molecule has 3 nitrogen and oxygen atoms in total. The van der Waals surface area contributed by atoms with Crippen LogP contribution in [-0.4, -0.2) is 27.5 Å². The second kappa shape index (κ2) is 8.23. The van der Waals surface area contributed by atoms with E-state index in [9.17, 15) is 0 Å². The van der Waals surface area contributed by atoms with Gasteiger partial charge in [0.05, 0.1) is 16.9 Å². The second-order valence-corrected chi connectivity index (χ2v) is 9.42.